The fraction of sp³-hybridized carbons (Fsp3) is 0.483. The van der Waals surface area contributed by atoms with Crippen LogP contribution < -0.4 is 14.7 Å². The molecule has 5 heterocycles. The SMILES string of the molecule is C=CC(=O)N1C[C@H](C)N(c2nc(N3CC(N(C)C)C3)nc3c2CCN(c2c(C)ccc4[nH]ncc24)C3=O)C[C@H]1C. The van der Waals surface area contributed by atoms with Crippen molar-refractivity contribution in [2.45, 2.75) is 45.3 Å². The van der Waals surface area contributed by atoms with Crippen molar-refractivity contribution < 1.29 is 9.59 Å². The molecule has 0 saturated carbocycles. The fourth-order valence-corrected chi connectivity index (χ4v) is 6.17. The number of hydrogen-bond acceptors (Lipinski definition) is 8. The van der Waals surface area contributed by atoms with Gasteiger partial charge in [0.15, 0.2) is 0 Å². The van der Waals surface area contributed by atoms with E-state index in [1.807, 2.05) is 35.8 Å². The molecule has 0 bridgehead atoms. The number of piperazine rings is 1. The largest absolute Gasteiger partial charge is 0.350 e. The maximum Gasteiger partial charge on any atom is 0.277 e. The zero-order chi connectivity index (χ0) is 28.3. The van der Waals surface area contributed by atoms with E-state index < -0.39 is 0 Å². The standard InChI is InChI=1S/C29H37N9O2/c1-7-24(39)37-13-19(4)38(14-18(37)3)27-21-10-11-36(26-17(2)8-9-23-22(26)12-30-33-23)28(40)25(21)31-29(32-27)35-15-20(16-35)34(5)6/h7-9,12,18-20H,1,10-11,13-16H2,2-6H3,(H,30,33)/t18-,19+/m1/s1. The van der Waals surface area contributed by atoms with Gasteiger partial charge in [-0.3, -0.25) is 14.7 Å². The van der Waals surface area contributed by atoms with Gasteiger partial charge in [0.25, 0.3) is 5.91 Å². The summed E-state index contributed by atoms with van der Waals surface area (Å²) in [5.41, 5.74) is 4.13. The van der Waals surface area contributed by atoms with Crippen LogP contribution >= 0.6 is 0 Å². The second kappa shape index (κ2) is 9.88. The summed E-state index contributed by atoms with van der Waals surface area (Å²) in [6.45, 7) is 13.2. The molecule has 210 valence electrons. The van der Waals surface area contributed by atoms with Gasteiger partial charge in [-0.15, -0.1) is 0 Å². The minimum atomic E-state index is -0.117. The first kappa shape index (κ1) is 26.2. The van der Waals surface area contributed by atoms with E-state index in [9.17, 15) is 9.59 Å². The summed E-state index contributed by atoms with van der Waals surface area (Å²) in [7, 11) is 4.16. The molecule has 0 radical (unpaired) electrons. The molecule has 11 nitrogen and oxygen atoms in total. The lowest BCUT2D eigenvalue weighted by Gasteiger charge is -2.46. The maximum absolute atomic E-state index is 14.2. The van der Waals surface area contributed by atoms with E-state index in [-0.39, 0.29) is 23.9 Å². The van der Waals surface area contributed by atoms with Crippen molar-refractivity contribution >= 4 is 40.2 Å². The molecular formula is C29H37N9O2. The molecule has 0 unspecified atom stereocenters. The fourth-order valence-electron chi connectivity index (χ4n) is 6.17. The van der Waals surface area contributed by atoms with E-state index >= 15 is 0 Å². The van der Waals surface area contributed by atoms with Crippen molar-refractivity contribution in [3.63, 3.8) is 0 Å². The summed E-state index contributed by atoms with van der Waals surface area (Å²) in [4.78, 5) is 47.1. The summed E-state index contributed by atoms with van der Waals surface area (Å²) >= 11 is 0. The number of rotatable bonds is 5. The van der Waals surface area contributed by atoms with Gasteiger partial charge in [0.2, 0.25) is 11.9 Å². The summed E-state index contributed by atoms with van der Waals surface area (Å²) in [6, 6.07) is 4.43. The first-order chi connectivity index (χ1) is 19.2. The number of nitrogens with one attached hydrogen (secondary N) is 1. The van der Waals surface area contributed by atoms with E-state index in [2.05, 4.69) is 52.5 Å². The molecule has 40 heavy (non-hydrogen) atoms. The van der Waals surface area contributed by atoms with Crippen LogP contribution in [0.1, 0.15) is 35.5 Å². The van der Waals surface area contributed by atoms with Crippen molar-refractivity contribution in [2.24, 2.45) is 0 Å². The van der Waals surface area contributed by atoms with Gasteiger partial charge in [0.05, 0.1) is 17.4 Å². The second-order valence-electron chi connectivity index (χ2n) is 11.5. The number of aromatic amines is 1. The number of hydrogen-bond donors (Lipinski definition) is 1. The van der Waals surface area contributed by atoms with Crippen molar-refractivity contribution in [3.05, 3.63) is 47.8 Å². The average molecular weight is 544 g/mol. The Bertz CT molecular complexity index is 1490. The second-order valence-corrected chi connectivity index (χ2v) is 11.5. The molecule has 0 aliphatic carbocycles. The first-order valence-electron chi connectivity index (χ1n) is 13.9. The van der Waals surface area contributed by atoms with Gasteiger partial charge < -0.3 is 24.5 Å². The Morgan fingerprint density at radius 3 is 2.62 bits per heavy atom. The molecule has 2 saturated heterocycles. The number of carbonyl (C=O) groups excluding carboxylic acids is 2. The molecule has 2 atom stereocenters. The Balaban J connectivity index is 1.41. The highest BCUT2D eigenvalue weighted by Crippen LogP contribution is 2.37. The number of fused-ring (bicyclic) bond motifs is 2. The van der Waals surface area contributed by atoms with Gasteiger partial charge in [0, 0.05) is 61.8 Å². The Hall–Kier alpha value is -3.99. The molecule has 1 N–H and O–H groups in total. The first-order valence-corrected chi connectivity index (χ1v) is 13.9. The summed E-state index contributed by atoms with van der Waals surface area (Å²) in [5, 5.41) is 8.17. The lowest BCUT2D eigenvalue weighted by Crippen LogP contribution is -2.59. The smallest absolute Gasteiger partial charge is 0.277 e. The number of carbonyl (C=O) groups is 2. The topological polar surface area (TPSA) is 105 Å². The average Bonchev–Trinajstić information content (AvgIpc) is 3.38. The van der Waals surface area contributed by atoms with Crippen molar-refractivity contribution in [3.8, 4) is 0 Å². The number of likely N-dealkylation sites (N-methyl/N-ethyl adjacent to an activating group) is 1. The van der Waals surface area contributed by atoms with Gasteiger partial charge in [-0.05, 0) is 59.0 Å². The number of anilines is 3. The summed E-state index contributed by atoms with van der Waals surface area (Å²) < 4.78 is 0. The van der Waals surface area contributed by atoms with Gasteiger partial charge in [-0.2, -0.15) is 10.1 Å². The molecule has 3 aliphatic heterocycles. The lowest BCUT2D eigenvalue weighted by atomic mass is 9.99. The third-order valence-electron chi connectivity index (χ3n) is 8.67. The maximum atomic E-state index is 14.2. The van der Waals surface area contributed by atoms with Crippen LogP contribution in [0.25, 0.3) is 10.9 Å². The minimum Gasteiger partial charge on any atom is -0.350 e. The molecule has 2 amide bonds. The summed E-state index contributed by atoms with van der Waals surface area (Å²) in [6.07, 6.45) is 3.80. The minimum absolute atomic E-state index is 0.0185. The number of H-pyrrole nitrogens is 1. The number of aryl methyl sites for hydroxylation is 1. The summed E-state index contributed by atoms with van der Waals surface area (Å²) in [5.74, 6) is 1.22. The Morgan fingerprint density at radius 2 is 1.90 bits per heavy atom. The van der Waals surface area contributed by atoms with Gasteiger partial charge in [0.1, 0.15) is 11.5 Å². The highest BCUT2D eigenvalue weighted by molar-refractivity contribution is 6.12. The Kier molecular flexibility index (Phi) is 6.48. The van der Waals surface area contributed by atoms with Crippen LogP contribution in [0.15, 0.2) is 31.0 Å². The predicted molar refractivity (Wildman–Crippen MR) is 156 cm³/mol. The number of amides is 2. The van der Waals surface area contributed by atoms with Gasteiger partial charge in [-0.1, -0.05) is 12.6 Å². The monoisotopic (exact) mass is 543 g/mol. The van der Waals surface area contributed by atoms with E-state index in [1.165, 1.54) is 6.08 Å². The van der Waals surface area contributed by atoms with Crippen LogP contribution in [-0.4, -0.2) is 107 Å². The zero-order valence-corrected chi connectivity index (χ0v) is 23.9. The van der Waals surface area contributed by atoms with Crippen LogP contribution in [0.5, 0.6) is 0 Å². The molecule has 2 aromatic heterocycles. The quantitative estimate of drug-likeness (QED) is 0.489. The molecule has 0 spiro atoms. The molecular weight excluding hydrogens is 506 g/mol. The molecule has 1 aromatic carbocycles. The third-order valence-corrected chi connectivity index (χ3v) is 8.67. The van der Waals surface area contributed by atoms with Crippen LogP contribution in [0, 0.1) is 6.92 Å². The molecule has 2 fully saturated rings. The normalized spacial score (nSPS) is 21.7. The number of benzene rings is 1. The number of nitrogens with zero attached hydrogens (tertiary/aromatic N) is 8. The van der Waals surface area contributed by atoms with E-state index in [0.717, 1.165) is 46.6 Å². The van der Waals surface area contributed by atoms with E-state index in [4.69, 9.17) is 9.97 Å². The predicted octanol–water partition coefficient (Wildman–Crippen LogP) is 2.23. The van der Waals surface area contributed by atoms with E-state index in [1.54, 1.807) is 6.20 Å². The van der Waals surface area contributed by atoms with Gasteiger partial charge in [-0.25, -0.2) is 4.98 Å². The van der Waals surface area contributed by atoms with Crippen LogP contribution in [0.2, 0.25) is 0 Å². The van der Waals surface area contributed by atoms with Crippen molar-refractivity contribution in [2.75, 3.05) is 61.5 Å². The van der Waals surface area contributed by atoms with Gasteiger partial charge >= 0.3 is 0 Å². The molecule has 3 aromatic rings. The highest BCUT2D eigenvalue weighted by atomic mass is 16.2. The lowest BCUT2D eigenvalue weighted by molar-refractivity contribution is -0.128. The number of aromatic nitrogens is 4. The molecule has 6 rings (SSSR count). The molecule has 3 aliphatic rings. The Morgan fingerprint density at radius 1 is 1.12 bits per heavy atom. The Labute approximate surface area is 234 Å². The van der Waals surface area contributed by atoms with E-state index in [0.29, 0.717) is 43.7 Å². The van der Waals surface area contributed by atoms with Crippen molar-refractivity contribution in [1.29, 1.82) is 0 Å². The zero-order valence-electron chi connectivity index (χ0n) is 23.9. The van der Waals surface area contributed by atoms with Crippen LogP contribution in [0.4, 0.5) is 17.5 Å². The van der Waals surface area contributed by atoms with Crippen LogP contribution in [0.3, 0.4) is 0 Å². The third kappa shape index (κ3) is 4.19. The molecule has 11 heteroatoms. The van der Waals surface area contributed by atoms with Crippen LogP contribution in [-0.2, 0) is 11.2 Å². The highest BCUT2D eigenvalue weighted by Gasteiger charge is 2.39. The van der Waals surface area contributed by atoms with Crippen molar-refractivity contribution in [1.82, 2.24) is 30.0 Å².